The van der Waals surface area contributed by atoms with Crippen LogP contribution in [-0.2, 0) is 11.2 Å². The zero-order valence-corrected chi connectivity index (χ0v) is 25.6. The zero-order chi connectivity index (χ0) is 29.5. The van der Waals surface area contributed by atoms with Gasteiger partial charge in [0.05, 0.1) is 0 Å². The van der Waals surface area contributed by atoms with E-state index in [1.165, 1.54) is 27.5 Å². The molecule has 3 heteroatoms. The van der Waals surface area contributed by atoms with Crippen molar-refractivity contribution < 1.29 is 9.15 Å². The summed E-state index contributed by atoms with van der Waals surface area (Å²) in [6, 6.07) is 1.36. The lowest BCUT2D eigenvalue weighted by Gasteiger charge is -2.36. The average Bonchev–Trinajstić information content (AvgIpc) is 3.76. The molecular weight excluding hydrogens is 550 g/mol. The monoisotopic (exact) mass is 589 g/mol. The van der Waals surface area contributed by atoms with Gasteiger partial charge in [0.25, 0.3) is 0 Å². The number of furan rings is 1. The second-order valence-corrected chi connectivity index (χ2v) is 14.0. The van der Waals surface area contributed by atoms with Gasteiger partial charge in [-0.3, -0.25) is 4.90 Å². The molecule has 0 aromatic carbocycles. The van der Waals surface area contributed by atoms with Crippen molar-refractivity contribution in [2.45, 2.75) is 62.8 Å². The number of allylic oxidation sites excluding steroid dienone is 13. The van der Waals surface area contributed by atoms with Crippen molar-refractivity contribution in [1.82, 2.24) is 4.90 Å². The third-order valence-electron chi connectivity index (χ3n) is 11.6. The summed E-state index contributed by atoms with van der Waals surface area (Å²) in [7, 11) is 0. The standard InChI is InChI=1S/C42H39NO2/c1-3-11-26(12-4-1)32-22-28(23-36-35-24-34-31-16-8-10-18-39(31)44-40(34)25-41(35)45-42(32)36)27-19-20-38-33(21-27)30-15-7-9-17-37(30)43(38)29-13-5-2-6-14-29/h1-7,9-11,13,15,17-19,21-22,24-26,28-30,35,37-38,41H,8,12,14,16,20,23H2. The van der Waals surface area contributed by atoms with E-state index >= 15 is 0 Å². The highest BCUT2D eigenvalue weighted by molar-refractivity contribution is 5.61. The first kappa shape index (κ1) is 26.2. The third kappa shape index (κ3) is 4.06. The van der Waals surface area contributed by atoms with Gasteiger partial charge in [0.1, 0.15) is 23.0 Å². The van der Waals surface area contributed by atoms with Crippen molar-refractivity contribution >= 4 is 18.2 Å². The van der Waals surface area contributed by atoms with Gasteiger partial charge in [0.15, 0.2) is 0 Å². The number of hydrogen-bond donors (Lipinski definition) is 0. The van der Waals surface area contributed by atoms with E-state index in [0.29, 0.717) is 35.9 Å². The summed E-state index contributed by atoms with van der Waals surface area (Å²) in [6.45, 7) is 0. The van der Waals surface area contributed by atoms with Crippen molar-refractivity contribution in [3.8, 4) is 0 Å². The molecule has 1 aromatic heterocycles. The van der Waals surface area contributed by atoms with Gasteiger partial charge in [-0.1, -0.05) is 103 Å². The van der Waals surface area contributed by atoms with Crippen LogP contribution < -0.4 is 10.6 Å². The summed E-state index contributed by atoms with van der Waals surface area (Å²) in [4.78, 5) is 2.80. The molecule has 8 atom stereocenters. The highest BCUT2D eigenvalue weighted by Crippen LogP contribution is 2.51. The second-order valence-electron chi connectivity index (χ2n) is 14.0. The van der Waals surface area contributed by atoms with Gasteiger partial charge in [-0.2, -0.15) is 0 Å². The van der Waals surface area contributed by atoms with Crippen molar-refractivity contribution in [2.24, 2.45) is 23.7 Å². The molecule has 0 N–H and O–H groups in total. The van der Waals surface area contributed by atoms with Gasteiger partial charge >= 0.3 is 0 Å². The largest absolute Gasteiger partial charge is 0.485 e. The minimum atomic E-state index is 0.00771. The number of ether oxygens (including phenoxy) is 1. The average molecular weight is 590 g/mol. The Balaban J connectivity index is 1.03. The van der Waals surface area contributed by atoms with Crippen LogP contribution in [0.25, 0.3) is 18.2 Å². The summed E-state index contributed by atoms with van der Waals surface area (Å²) in [5.41, 5.74) is 8.35. The molecule has 0 amide bonds. The lowest BCUT2D eigenvalue weighted by atomic mass is 9.73. The van der Waals surface area contributed by atoms with Gasteiger partial charge in [-0.15, -0.1) is 0 Å². The van der Waals surface area contributed by atoms with Gasteiger partial charge in [-0.05, 0) is 66.9 Å². The Hall–Kier alpha value is -4.08. The topological polar surface area (TPSA) is 25.6 Å². The zero-order valence-electron chi connectivity index (χ0n) is 25.6. The molecule has 3 heterocycles. The fraction of sp³-hybridized carbons (Fsp3) is 0.333. The van der Waals surface area contributed by atoms with Crippen LogP contribution in [0.3, 0.4) is 0 Å². The molecule has 1 aromatic rings. The molecule has 10 rings (SSSR count). The summed E-state index contributed by atoms with van der Waals surface area (Å²) in [5, 5.41) is 1.31. The van der Waals surface area contributed by atoms with Crippen molar-refractivity contribution in [3.05, 3.63) is 147 Å². The quantitative estimate of drug-likeness (QED) is 0.376. The third-order valence-corrected chi connectivity index (χ3v) is 11.6. The molecular formula is C42H39NO2. The Kier molecular flexibility index (Phi) is 5.94. The Labute approximate surface area is 265 Å². The van der Waals surface area contributed by atoms with Gasteiger partial charge in [0, 0.05) is 58.7 Å². The van der Waals surface area contributed by atoms with Crippen LogP contribution in [0.2, 0.25) is 0 Å². The summed E-state index contributed by atoms with van der Waals surface area (Å²) >= 11 is 0. The van der Waals surface area contributed by atoms with Crippen LogP contribution in [0, 0.1) is 23.7 Å². The maximum absolute atomic E-state index is 6.90. The van der Waals surface area contributed by atoms with Gasteiger partial charge in [-0.25, -0.2) is 0 Å². The Morgan fingerprint density at radius 3 is 2.56 bits per heavy atom. The van der Waals surface area contributed by atoms with E-state index in [-0.39, 0.29) is 12.0 Å². The number of likely N-dealkylation sites (tertiary alicyclic amines) is 1. The molecule has 0 bridgehead atoms. The molecule has 0 saturated carbocycles. The summed E-state index contributed by atoms with van der Waals surface area (Å²) < 4.78 is 13.2. The Bertz CT molecular complexity index is 1940. The van der Waals surface area contributed by atoms with E-state index in [1.54, 1.807) is 5.57 Å². The van der Waals surface area contributed by atoms with Gasteiger partial charge in [0.2, 0.25) is 0 Å². The SMILES string of the molecule is C1=CCC(C2=CC(C3=CCC4C(=C3)C3C=CC=CC3N4C3C=CC=CC3)CC3=C2OC2C=c4oc5c(c4=CC32)CCC=C5)C=C1. The predicted octanol–water partition coefficient (Wildman–Crippen LogP) is 7.10. The van der Waals surface area contributed by atoms with Crippen LogP contribution in [0.15, 0.2) is 130 Å². The first-order valence-corrected chi connectivity index (χ1v) is 17.1. The first-order chi connectivity index (χ1) is 22.3. The van der Waals surface area contributed by atoms with Crippen molar-refractivity contribution in [1.29, 1.82) is 0 Å². The second kappa shape index (κ2) is 10.2. The normalized spacial score (nSPS) is 36.5. The molecule has 1 fully saturated rings. The summed E-state index contributed by atoms with van der Waals surface area (Å²) in [5.74, 6) is 3.63. The van der Waals surface area contributed by atoms with Crippen LogP contribution >= 0.6 is 0 Å². The van der Waals surface area contributed by atoms with E-state index in [4.69, 9.17) is 9.15 Å². The summed E-state index contributed by atoms with van der Waals surface area (Å²) in [6.07, 6.45) is 51.0. The maximum atomic E-state index is 6.90. The number of nitrogens with zero attached hydrogens (tertiary/aromatic N) is 1. The lowest BCUT2D eigenvalue weighted by molar-refractivity contribution is 0.178. The molecule has 8 unspecified atom stereocenters. The van der Waals surface area contributed by atoms with E-state index in [1.807, 2.05) is 0 Å². The van der Waals surface area contributed by atoms with Crippen molar-refractivity contribution in [3.63, 3.8) is 0 Å². The molecule has 0 spiro atoms. The minimum Gasteiger partial charge on any atom is -0.485 e. The fourth-order valence-electron chi connectivity index (χ4n) is 9.56. The number of hydrogen-bond acceptors (Lipinski definition) is 3. The van der Waals surface area contributed by atoms with E-state index in [9.17, 15) is 0 Å². The molecule has 9 aliphatic rings. The molecule has 1 saturated heterocycles. The van der Waals surface area contributed by atoms with Gasteiger partial charge < -0.3 is 9.15 Å². The maximum Gasteiger partial charge on any atom is 0.134 e. The Morgan fingerprint density at radius 1 is 0.778 bits per heavy atom. The van der Waals surface area contributed by atoms with Crippen LogP contribution in [-0.4, -0.2) is 29.1 Å². The van der Waals surface area contributed by atoms with E-state index in [2.05, 4.69) is 120 Å². The van der Waals surface area contributed by atoms with Crippen LogP contribution in [0.5, 0.6) is 0 Å². The molecule has 224 valence electrons. The van der Waals surface area contributed by atoms with Crippen LogP contribution in [0.1, 0.15) is 43.4 Å². The first-order valence-electron chi connectivity index (χ1n) is 17.1. The Morgan fingerprint density at radius 2 is 1.67 bits per heavy atom. The molecule has 3 nitrogen and oxygen atoms in total. The van der Waals surface area contributed by atoms with E-state index < -0.39 is 0 Å². The smallest absolute Gasteiger partial charge is 0.134 e. The molecule has 2 aliphatic heterocycles. The highest BCUT2D eigenvalue weighted by atomic mass is 16.5. The number of fused-ring (bicyclic) bond motifs is 8. The van der Waals surface area contributed by atoms with E-state index in [0.717, 1.165) is 55.5 Å². The minimum absolute atomic E-state index is 0.00771. The highest BCUT2D eigenvalue weighted by Gasteiger charge is 2.47. The molecule has 45 heavy (non-hydrogen) atoms. The van der Waals surface area contributed by atoms with Crippen LogP contribution in [0.4, 0.5) is 0 Å². The fourth-order valence-corrected chi connectivity index (χ4v) is 9.56. The predicted molar refractivity (Wildman–Crippen MR) is 181 cm³/mol. The van der Waals surface area contributed by atoms with Crippen molar-refractivity contribution in [2.75, 3.05) is 0 Å². The molecule has 0 radical (unpaired) electrons. The lowest BCUT2D eigenvalue weighted by Crippen LogP contribution is -2.44. The number of rotatable bonds is 3. The molecule has 7 aliphatic carbocycles.